The van der Waals surface area contributed by atoms with Crippen LogP contribution in [0.25, 0.3) is 11.3 Å². The van der Waals surface area contributed by atoms with Gasteiger partial charge in [0.2, 0.25) is 5.95 Å². The van der Waals surface area contributed by atoms with E-state index in [-0.39, 0.29) is 18.6 Å². The second-order valence-electron chi connectivity index (χ2n) is 6.49. The van der Waals surface area contributed by atoms with Crippen molar-refractivity contribution in [3.63, 3.8) is 0 Å². The molecule has 27 heavy (non-hydrogen) atoms. The summed E-state index contributed by atoms with van der Waals surface area (Å²) in [5.41, 5.74) is 2.34. The van der Waals surface area contributed by atoms with Crippen LogP contribution in [0.15, 0.2) is 54.9 Å². The van der Waals surface area contributed by atoms with Crippen molar-refractivity contribution in [1.82, 2.24) is 15.0 Å². The third-order valence-corrected chi connectivity index (χ3v) is 4.47. The summed E-state index contributed by atoms with van der Waals surface area (Å²) < 4.78 is 0. The number of hydrogen-bond acceptors (Lipinski definition) is 6. The van der Waals surface area contributed by atoms with Gasteiger partial charge in [0.25, 0.3) is 0 Å². The Balaban J connectivity index is 1.99. The van der Waals surface area contributed by atoms with E-state index in [9.17, 15) is 5.11 Å². The molecule has 0 radical (unpaired) electrons. The molecule has 3 N–H and O–H groups in total. The molecule has 0 aliphatic rings. The number of nitrogens with zero attached hydrogens (tertiary/aromatic N) is 3. The number of aromatic nitrogens is 3. The lowest BCUT2D eigenvalue weighted by atomic mass is 10.1. The maximum absolute atomic E-state index is 9.62. The van der Waals surface area contributed by atoms with Crippen LogP contribution < -0.4 is 10.6 Å². The third-order valence-electron chi connectivity index (χ3n) is 4.14. The van der Waals surface area contributed by atoms with E-state index in [4.69, 9.17) is 11.6 Å². The zero-order valence-corrected chi connectivity index (χ0v) is 16.0. The predicted molar refractivity (Wildman–Crippen MR) is 109 cm³/mol. The number of aliphatic hydroxyl groups excluding tert-OH is 1. The number of para-hydroxylation sites is 1. The van der Waals surface area contributed by atoms with Crippen LogP contribution in [0.2, 0.25) is 5.02 Å². The van der Waals surface area contributed by atoms with Gasteiger partial charge in [-0.15, -0.1) is 0 Å². The third kappa shape index (κ3) is 4.93. The van der Waals surface area contributed by atoms with Gasteiger partial charge in [-0.2, -0.15) is 4.98 Å². The van der Waals surface area contributed by atoms with E-state index in [0.717, 1.165) is 16.9 Å². The summed E-state index contributed by atoms with van der Waals surface area (Å²) in [6.45, 7) is 4.05. The first-order valence-electron chi connectivity index (χ1n) is 8.75. The van der Waals surface area contributed by atoms with E-state index in [1.807, 2.05) is 56.3 Å². The Morgan fingerprint density at radius 1 is 1.11 bits per heavy atom. The Bertz CT molecular complexity index is 889. The molecule has 0 fully saturated rings. The summed E-state index contributed by atoms with van der Waals surface area (Å²) in [6.07, 6.45) is 3.46. The van der Waals surface area contributed by atoms with Crippen molar-refractivity contribution >= 4 is 29.1 Å². The van der Waals surface area contributed by atoms with E-state index >= 15 is 0 Å². The molecule has 3 aromatic rings. The minimum atomic E-state index is -0.151. The highest BCUT2D eigenvalue weighted by atomic mass is 35.5. The summed E-state index contributed by atoms with van der Waals surface area (Å²) in [5, 5.41) is 16.7. The lowest BCUT2D eigenvalue weighted by molar-refractivity contribution is 0.248. The van der Waals surface area contributed by atoms with Gasteiger partial charge in [0.15, 0.2) is 0 Å². The minimum Gasteiger partial charge on any atom is -0.394 e. The first-order valence-corrected chi connectivity index (χ1v) is 9.13. The molecule has 2 aromatic heterocycles. The standard InChI is InChI=1S/C20H22ClN5O/c1-13(2)18(12-27)25-20-24-17(14-6-5-9-22-11-14)10-19(26-20)23-16-8-4-3-7-15(16)21/h3-11,13,18,27H,12H2,1-2H3,(H2,23,24,25,26)/t18-/m0/s1. The fraction of sp³-hybridized carbons (Fsp3) is 0.250. The number of anilines is 3. The first kappa shape index (κ1) is 19.1. The number of hydrogen-bond donors (Lipinski definition) is 3. The Morgan fingerprint density at radius 2 is 1.93 bits per heavy atom. The van der Waals surface area contributed by atoms with Crippen LogP contribution in [0, 0.1) is 5.92 Å². The van der Waals surface area contributed by atoms with Crippen molar-refractivity contribution in [3.8, 4) is 11.3 Å². The molecule has 3 rings (SSSR count). The maximum Gasteiger partial charge on any atom is 0.225 e. The maximum atomic E-state index is 9.62. The molecule has 0 saturated carbocycles. The Labute approximate surface area is 163 Å². The lowest BCUT2D eigenvalue weighted by Gasteiger charge is -2.20. The Hall–Kier alpha value is -2.70. The normalized spacial score (nSPS) is 12.0. The van der Waals surface area contributed by atoms with Gasteiger partial charge in [-0.1, -0.05) is 37.6 Å². The Kier molecular flexibility index (Phi) is 6.21. The summed E-state index contributed by atoms with van der Waals surface area (Å²) in [5.74, 6) is 1.25. The zero-order valence-electron chi connectivity index (χ0n) is 15.2. The molecule has 6 nitrogen and oxygen atoms in total. The molecule has 0 aliphatic heterocycles. The van der Waals surface area contributed by atoms with Gasteiger partial charge in [-0.3, -0.25) is 4.98 Å². The van der Waals surface area contributed by atoms with Crippen LogP contribution in [0.3, 0.4) is 0 Å². The van der Waals surface area contributed by atoms with Crippen molar-refractivity contribution in [2.24, 2.45) is 5.92 Å². The molecule has 0 bridgehead atoms. The number of benzene rings is 1. The van der Waals surface area contributed by atoms with Gasteiger partial charge in [-0.25, -0.2) is 4.98 Å². The summed E-state index contributed by atoms with van der Waals surface area (Å²) in [7, 11) is 0. The predicted octanol–water partition coefficient (Wildman–Crippen LogP) is 4.36. The molecule has 0 amide bonds. The van der Waals surface area contributed by atoms with Crippen molar-refractivity contribution in [2.45, 2.75) is 19.9 Å². The van der Waals surface area contributed by atoms with Crippen molar-refractivity contribution in [3.05, 3.63) is 59.9 Å². The summed E-state index contributed by atoms with van der Waals surface area (Å²) in [4.78, 5) is 13.3. The van der Waals surface area contributed by atoms with E-state index < -0.39 is 0 Å². The number of rotatable bonds is 7. The molecule has 7 heteroatoms. The number of nitrogens with one attached hydrogen (secondary N) is 2. The van der Waals surface area contributed by atoms with E-state index in [0.29, 0.717) is 16.8 Å². The fourth-order valence-corrected chi connectivity index (χ4v) is 2.71. The number of aliphatic hydroxyl groups is 1. The molecule has 0 saturated heterocycles. The van der Waals surface area contributed by atoms with Gasteiger partial charge < -0.3 is 15.7 Å². The van der Waals surface area contributed by atoms with Crippen LogP contribution in [-0.4, -0.2) is 32.7 Å². The molecule has 0 spiro atoms. The van der Waals surface area contributed by atoms with E-state index in [2.05, 4.69) is 25.6 Å². The highest BCUT2D eigenvalue weighted by Crippen LogP contribution is 2.27. The first-order chi connectivity index (χ1) is 13.1. The smallest absolute Gasteiger partial charge is 0.225 e. The van der Waals surface area contributed by atoms with E-state index in [1.54, 1.807) is 12.4 Å². The van der Waals surface area contributed by atoms with Gasteiger partial charge in [0.05, 0.1) is 29.1 Å². The largest absolute Gasteiger partial charge is 0.394 e. The van der Waals surface area contributed by atoms with Crippen LogP contribution in [0.1, 0.15) is 13.8 Å². The highest BCUT2D eigenvalue weighted by molar-refractivity contribution is 6.33. The quantitative estimate of drug-likeness (QED) is 0.562. The molecule has 140 valence electrons. The second-order valence-corrected chi connectivity index (χ2v) is 6.89. The Morgan fingerprint density at radius 3 is 2.59 bits per heavy atom. The van der Waals surface area contributed by atoms with Crippen LogP contribution in [0.5, 0.6) is 0 Å². The SMILES string of the molecule is CC(C)[C@H](CO)Nc1nc(Nc2ccccc2Cl)cc(-c2cccnc2)n1. The molecule has 1 atom stereocenters. The van der Waals surface area contributed by atoms with Crippen molar-refractivity contribution in [1.29, 1.82) is 0 Å². The average Bonchev–Trinajstić information content (AvgIpc) is 2.68. The molecular formula is C20H22ClN5O. The molecule has 1 aromatic carbocycles. The van der Waals surface area contributed by atoms with Crippen LogP contribution >= 0.6 is 11.6 Å². The molecule has 0 aliphatic carbocycles. The van der Waals surface area contributed by atoms with E-state index in [1.165, 1.54) is 0 Å². The molecule has 2 heterocycles. The highest BCUT2D eigenvalue weighted by Gasteiger charge is 2.15. The summed E-state index contributed by atoms with van der Waals surface area (Å²) in [6, 6.07) is 12.9. The van der Waals surface area contributed by atoms with Crippen molar-refractivity contribution < 1.29 is 5.11 Å². The van der Waals surface area contributed by atoms with Crippen molar-refractivity contribution in [2.75, 3.05) is 17.2 Å². The van der Waals surface area contributed by atoms with Gasteiger partial charge >= 0.3 is 0 Å². The lowest BCUT2D eigenvalue weighted by Crippen LogP contribution is -2.30. The topological polar surface area (TPSA) is 83.0 Å². The summed E-state index contributed by atoms with van der Waals surface area (Å²) >= 11 is 6.25. The average molecular weight is 384 g/mol. The zero-order chi connectivity index (χ0) is 19.2. The van der Waals surface area contributed by atoms with Gasteiger partial charge in [0, 0.05) is 24.0 Å². The molecular weight excluding hydrogens is 362 g/mol. The second kappa shape index (κ2) is 8.79. The van der Waals surface area contributed by atoms with Gasteiger partial charge in [0.1, 0.15) is 5.82 Å². The van der Waals surface area contributed by atoms with Gasteiger partial charge in [-0.05, 0) is 30.2 Å². The van der Waals surface area contributed by atoms with Crippen LogP contribution in [0.4, 0.5) is 17.5 Å². The fourth-order valence-electron chi connectivity index (χ4n) is 2.53. The minimum absolute atomic E-state index is 0.00851. The van der Waals surface area contributed by atoms with Crippen LogP contribution in [-0.2, 0) is 0 Å². The molecule has 0 unspecified atom stereocenters. The number of halogens is 1. The number of pyridine rings is 1. The monoisotopic (exact) mass is 383 g/mol.